The van der Waals surface area contributed by atoms with Crippen molar-refractivity contribution < 1.29 is 9.84 Å². The van der Waals surface area contributed by atoms with Crippen LogP contribution in [-0.4, -0.2) is 47.5 Å². The highest BCUT2D eigenvalue weighted by Gasteiger charge is 2.31. The monoisotopic (exact) mass is 430 g/mol. The van der Waals surface area contributed by atoms with Gasteiger partial charge in [-0.2, -0.15) is 0 Å². The van der Waals surface area contributed by atoms with Crippen LogP contribution in [-0.2, 0) is 4.74 Å². The molecule has 0 bridgehead atoms. The van der Waals surface area contributed by atoms with Crippen molar-refractivity contribution in [2.75, 3.05) is 37.0 Å². The molecule has 0 atom stereocenters. The van der Waals surface area contributed by atoms with Gasteiger partial charge in [-0.05, 0) is 43.9 Å². The summed E-state index contributed by atoms with van der Waals surface area (Å²) in [5.41, 5.74) is 1.53. The Morgan fingerprint density at radius 1 is 1.13 bits per heavy atom. The number of nitrogens with zero attached hydrogens (tertiary/aromatic N) is 2. The van der Waals surface area contributed by atoms with Crippen molar-refractivity contribution in [1.82, 2.24) is 9.97 Å². The molecular formula is C23H31ClN4O2. The molecule has 7 heteroatoms. The standard InChI is InChI=1S/C23H31ClN4O2/c24-19-14-25-22(27-17-5-2-1-3-6-17)13-18(19)20-7-4-8-21(28-20)26-15-23(16-29)9-11-30-12-10-23/h4,7-8,13-14,17,29H,1-3,5-6,9-12,15-16H2,(H,25,27)(H,26,28). The molecule has 30 heavy (non-hydrogen) atoms. The predicted molar refractivity (Wildman–Crippen MR) is 121 cm³/mol. The second-order valence-electron chi connectivity index (χ2n) is 8.56. The van der Waals surface area contributed by atoms with Gasteiger partial charge in [-0.15, -0.1) is 0 Å². The number of hydrogen-bond acceptors (Lipinski definition) is 6. The highest BCUT2D eigenvalue weighted by molar-refractivity contribution is 6.33. The van der Waals surface area contributed by atoms with E-state index >= 15 is 0 Å². The summed E-state index contributed by atoms with van der Waals surface area (Å²) >= 11 is 6.47. The Morgan fingerprint density at radius 3 is 2.70 bits per heavy atom. The number of halogens is 1. The highest BCUT2D eigenvalue weighted by atomic mass is 35.5. The Kier molecular flexibility index (Phi) is 7.08. The summed E-state index contributed by atoms with van der Waals surface area (Å²) in [5.74, 6) is 1.63. The van der Waals surface area contributed by atoms with Crippen LogP contribution in [0.25, 0.3) is 11.3 Å². The zero-order valence-corrected chi connectivity index (χ0v) is 18.1. The summed E-state index contributed by atoms with van der Waals surface area (Å²) < 4.78 is 5.45. The van der Waals surface area contributed by atoms with Crippen LogP contribution >= 0.6 is 11.6 Å². The zero-order chi connectivity index (χ0) is 20.8. The van der Waals surface area contributed by atoms with Crippen LogP contribution < -0.4 is 10.6 Å². The molecule has 1 aliphatic heterocycles. The number of nitrogens with one attached hydrogen (secondary N) is 2. The summed E-state index contributed by atoms with van der Waals surface area (Å²) in [6.45, 7) is 2.20. The molecule has 162 valence electrons. The fourth-order valence-electron chi connectivity index (χ4n) is 4.33. The maximum absolute atomic E-state index is 9.91. The molecule has 2 aromatic rings. The first kappa shape index (κ1) is 21.3. The van der Waals surface area contributed by atoms with Crippen molar-refractivity contribution in [1.29, 1.82) is 0 Å². The minimum Gasteiger partial charge on any atom is -0.396 e. The number of aliphatic hydroxyl groups is 1. The maximum Gasteiger partial charge on any atom is 0.126 e. The van der Waals surface area contributed by atoms with Gasteiger partial charge in [-0.3, -0.25) is 0 Å². The van der Waals surface area contributed by atoms with Crippen molar-refractivity contribution in [2.24, 2.45) is 5.41 Å². The van der Waals surface area contributed by atoms with Crippen LogP contribution in [0, 0.1) is 5.41 Å². The van der Waals surface area contributed by atoms with Crippen molar-refractivity contribution in [3.63, 3.8) is 0 Å². The zero-order valence-electron chi connectivity index (χ0n) is 17.4. The topological polar surface area (TPSA) is 79.3 Å². The van der Waals surface area contributed by atoms with E-state index in [-0.39, 0.29) is 12.0 Å². The van der Waals surface area contributed by atoms with Gasteiger partial charge in [0.15, 0.2) is 0 Å². The number of rotatable bonds is 7. The number of ether oxygens (including phenoxy) is 1. The van der Waals surface area contributed by atoms with Gasteiger partial charge in [0, 0.05) is 43.0 Å². The number of pyridine rings is 2. The number of hydrogen-bond donors (Lipinski definition) is 3. The molecule has 0 radical (unpaired) electrons. The lowest BCUT2D eigenvalue weighted by Gasteiger charge is -2.35. The lowest BCUT2D eigenvalue weighted by molar-refractivity contribution is -0.00861. The Bertz CT molecular complexity index is 836. The van der Waals surface area contributed by atoms with E-state index < -0.39 is 0 Å². The van der Waals surface area contributed by atoms with E-state index in [0.717, 1.165) is 35.7 Å². The average molecular weight is 431 g/mol. The van der Waals surface area contributed by atoms with Gasteiger partial charge in [-0.25, -0.2) is 9.97 Å². The van der Waals surface area contributed by atoms with E-state index in [0.29, 0.717) is 30.8 Å². The minimum absolute atomic E-state index is 0.148. The molecular weight excluding hydrogens is 400 g/mol. The van der Waals surface area contributed by atoms with Gasteiger partial charge in [0.25, 0.3) is 0 Å². The predicted octanol–water partition coefficient (Wildman–Crippen LogP) is 4.74. The van der Waals surface area contributed by atoms with Crippen LogP contribution in [0.2, 0.25) is 5.02 Å². The van der Waals surface area contributed by atoms with Crippen LogP contribution in [0.4, 0.5) is 11.6 Å². The molecule has 2 aliphatic rings. The molecule has 6 nitrogen and oxygen atoms in total. The van der Waals surface area contributed by atoms with E-state index in [1.807, 2.05) is 24.3 Å². The molecule has 1 saturated carbocycles. The fourth-order valence-corrected chi connectivity index (χ4v) is 4.53. The minimum atomic E-state index is -0.151. The first-order chi connectivity index (χ1) is 14.7. The third kappa shape index (κ3) is 5.23. The largest absolute Gasteiger partial charge is 0.396 e. The van der Waals surface area contributed by atoms with Gasteiger partial charge < -0.3 is 20.5 Å². The van der Waals surface area contributed by atoms with E-state index in [2.05, 4.69) is 15.6 Å². The quantitative estimate of drug-likeness (QED) is 0.588. The summed E-state index contributed by atoms with van der Waals surface area (Å²) in [6.07, 6.45) is 9.65. The molecule has 1 saturated heterocycles. The number of aromatic nitrogens is 2. The number of anilines is 2. The van der Waals surface area contributed by atoms with Crippen molar-refractivity contribution in [3.05, 3.63) is 35.5 Å². The lowest BCUT2D eigenvalue weighted by Crippen LogP contribution is -2.39. The maximum atomic E-state index is 9.91. The van der Waals surface area contributed by atoms with Gasteiger partial charge >= 0.3 is 0 Å². The van der Waals surface area contributed by atoms with Gasteiger partial charge in [0.2, 0.25) is 0 Å². The molecule has 0 unspecified atom stereocenters. The van der Waals surface area contributed by atoms with Crippen LogP contribution in [0.5, 0.6) is 0 Å². The summed E-state index contributed by atoms with van der Waals surface area (Å²) in [5, 5.41) is 17.5. The Morgan fingerprint density at radius 2 is 1.93 bits per heavy atom. The molecule has 0 aromatic carbocycles. The van der Waals surface area contributed by atoms with Gasteiger partial charge in [0.05, 0.1) is 17.3 Å². The SMILES string of the molecule is OCC1(CNc2cccc(-c3cc(NC4CCCCC4)ncc3Cl)n2)CCOCC1. The third-order valence-electron chi connectivity index (χ3n) is 6.37. The molecule has 0 spiro atoms. The van der Waals surface area contributed by atoms with E-state index in [9.17, 15) is 5.11 Å². The normalized spacial score (nSPS) is 19.4. The van der Waals surface area contributed by atoms with E-state index in [1.165, 1.54) is 32.1 Å². The highest BCUT2D eigenvalue weighted by Crippen LogP contribution is 2.32. The van der Waals surface area contributed by atoms with E-state index in [1.54, 1.807) is 6.20 Å². The molecule has 0 amide bonds. The average Bonchev–Trinajstić information content (AvgIpc) is 2.80. The van der Waals surface area contributed by atoms with Crippen molar-refractivity contribution in [2.45, 2.75) is 51.0 Å². The Labute approximate surface area is 183 Å². The van der Waals surface area contributed by atoms with Gasteiger partial charge in [-0.1, -0.05) is 36.9 Å². The lowest BCUT2D eigenvalue weighted by atomic mass is 9.81. The first-order valence-corrected chi connectivity index (χ1v) is 11.4. The molecule has 2 fully saturated rings. The van der Waals surface area contributed by atoms with Gasteiger partial charge in [0.1, 0.15) is 11.6 Å². The van der Waals surface area contributed by atoms with Crippen molar-refractivity contribution in [3.8, 4) is 11.3 Å². The third-order valence-corrected chi connectivity index (χ3v) is 6.67. The second kappa shape index (κ2) is 9.94. The summed E-state index contributed by atoms with van der Waals surface area (Å²) in [6, 6.07) is 8.37. The first-order valence-electron chi connectivity index (χ1n) is 11.0. The van der Waals surface area contributed by atoms with Crippen molar-refractivity contribution >= 4 is 23.2 Å². The van der Waals surface area contributed by atoms with Crippen LogP contribution in [0.3, 0.4) is 0 Å². The van der Waals surface area contributed by atoms with E-state index in [4.69, 9.17) is 21.3 Å². The molecule has 1 aliphatic carbocycles. The smallest absolute Gasteiger partial charge is 0.126 e. The second-order valence-corrected chi connectivity index (χ2v) is 8.97. The summed E-state index contributed by atoms with van der Waals surface area (Å²) in [4.78, 5) is 9.25. The molecule has 3 N–H and O–H groups in total. The molecule has 3 heterocycles. The molecule has 2 aromatic heterocycles. The summed E-state index contributed by atoms with van der Waals surface area (Å²) in [7, 11) is 0. The van der Waals surface area contributed by atoms with Crippen LogP contribution in [0.15, 0.2) is 30.5 Å². The van der Waals surface area contributed by atoms with Crippen LogP contribution in [0.1, 0.15) is 44.9 Å². The Hall–Kier alpha value is -1.89. The fraction of sp³-hybridized carbons (Fsp3) is 0.565. The number of aliphatic hydroxyl groups excluding tert-OH is 1. The molecule has 4 rings (SSSR count). The Balaban J connectivity index is 1.48.